The first-order valence-electron chi connectivity index (χ1n) is 6.84. The molecule has 0 spiro atoms. The van der Waals surface area contributed by atoms with E-state index in [9.17, 15) is 0 Å². The molecule has 0 bridgehead atoms. The molecule has 19 heavy (non-hydrogen) atoms. The van der Waals surface area contributed by atoms with Crippen LogP contribution in [0.4, 0.5) is 0 Å². The quantitative estimate of drug-likeness (QED) is 0.889. The molecule has 1 aromatic rings. The maximum atomic E-state index is 5.97. The fraction of sp³-hybridized carbons (Fsp3) is 0.600. The van der Waals surface area contributed by atoms with Crippen molar-refractivity contribution in [3.63, 3.8) is 0 Å². The van der Waals surface area contributed by atoms with Gasteiger partial charge < -0.3 is 19.9 Å². The Hall–Kier alpha value is -1.26. The van der Waals surface area contributed by atoms with Crippen molar-refractivity contribution in [3.8, 4) is 11.5 Å². The summed E-state index contributed by atoms with van der Waals surface area (Å²) in [6, 6.07) is 5.76. The summed E-state index contributed by atoms with van der Waals surface area (Å²) < 4.78 is 16.6. The molecule has 0 unspecified atom stereocenters. The minimum Gasteiger partial charge on any atom is -0.497 e. The van der Waals surface area contributed by atoms with E-state index in [1.165, 1.54) is 0 Å². The summed E-state index contributed by atoms with van der Waals surface area (Å²) in [4.78, 5) is 0. The monoisotopic (exact) mass is 265 g/mol. The van der Waals surface area contributed by atoms with E-state index in [0.29, 0.717) is 5.92 Å². The number of ether oxygens (including phenoxy) is 3. The molecule has 0 amide bonds. The van der Waals surface area contributed by atoms with Gasteiger partial charge in [-0.3, -0.25) is 0 Å². The highest BCUT2D eigenvalue weighted by molar-refractivity contribution is 5.42. The molecular formula is C15H23NO3. The summed E-state index contributed by atoms with van der Waals surface area (Å²) in [6.45, 7) is 4.36. The van der Waals surface area contributed by atoms with Crippen molar-refractivity contribution in [2.24, 2.45) is 11.7 Å². The van der Waals surface area contributed by atoms with Crippen LogP contribution in [0.25, 0.3) is 0 Å². The molecule has 0 saturated carbocycles. The second kappa shape index (κ2) is 6.78. The summed E-state index contributed by atoms with van der Waals surface area (Å²) in [5.41, 5.74) is 7.00. The molecule has 0 aromatic heterocycles. The van der Waals surface area contributed by atoms with E-state index in [1.54, 1.807) is 7.11 Å². The maximum absolute atomic E-state index is 5.97. The molecule has 1 saturated heterocycles. The average molecular weight is 265 g/mol. The zero-order valence-electron chi connectivity index (χ0n) is 11.7. The molecule has 1 aliphatic rings. The number of nitrogens with two attached hydrogens (primary N) is 1. The van der Waals surface area contributed by atoms with Gasteiger partial charge in [0.15, 0.2) is 0 Å². The van der Waals surface area contributed by atoms with Crippen molar-refractivity contribution < 1.29 is 14.2 Å². The SMILES string of the molecule is COc1ccc([C@@H](C)N)c(OCC2CCOCC2)c1. The third kappa shape index (κ3) is 3.85. The highest BCUT2D eigenvalue weighted by atomic mass is 16.5. The van der Waals surface area contributed by atoms with Crippen LogP contribution in [-0.4, -0.2) is 26.9 Å². The lowest BCUT2D eigenvalue weighted by molar-refractivity contribution is 0.0495. The molecule has 4 nitrogen and oxygen atoms in total. The van der Waals surface area contributed by atoms with E-state index >= 15 is 0 Å². The first kappa shape index (κ1) is 14.2. The van der Waals surface area contributed by atoms with Crippen LogP contribution in [-0.2, 0) is 4.74 Å². The summed E-state index contributed by atoms with van der Waals surface area (Å²) >= 11 is 0. The lowest BCUT2D eigenvalue weighted by atomic mass is 10.0. The van der Waals surface area contributed by atoms with Crippen LogP contribution in [0.5, 0.6) is 11.5 Å². The van der Waals surface area contributed by atoms with E-state index in [0.717, 1.165) is 49.7 Å². The summed E-state index contributed by atoms with van der Waals surface area (Å²) in [7, 11) is 1.66. The smallest absolute Gasteiger partial charge is 0.127 e. The van der Waals surface area contributed by atoms with Crippen LogP contribution in [0.3, 0.4) is 0 Å². The van der Waals surface area contributed by atoms with Gasteiger partial charge in [-0.05, 0) is 31.7 Å². The average Bonchev–Trinajstić information content (AvgIpc) is 2.45. The van der Waals surface area contributed by atoms with E-state index in [-0.39, 0.29) is 6.04 Å². The van der Waals surface area contributed by atoms with Gasteiger partial charge >= 0.3 is 0 Å². The third-order valence-electron chi connectivity index (χ3n) is 3.53. The van der Waals surface area contributed by atoms with Gasteiger partial charge in [0.25, 0.3) is 0 Å². The zero-order chi connectivity index (χ0) is 13.7. The number of hydrogen-bond donors (Lipinski definition) is 1. The van der Waals surface area contributed by atoms with Crippen LogP contribution in [0.15, 0.2) is 18.2 Å². The largest absolute Gasteiger partial charge is 0.497 e. The molecule has 2 rings (SSSR count). The molecule has 4 heteroatoms. The van der Waals surface area contributed by atoms with Crippen LogP contribution in [0.2, 0.25) is 0 Å². The predicted molar refractivity (Wildman–Crippen MR) is 74.6 cm³/mol. The molecule has 1 heterocycles. The van der Waals surface area contributed by atoms with Gasteiger partial charge in [0.1, 0.15) is 11.5 Å². The number of hydrogen-bond acceptors (Lipinski definition) is 4. The van der Waals surface area contributed by atoms with E-state index in [1.807, 2.05) is 25.1 Å². The Morgan fingerprint density at radius 3 is 2.74 bits per heavy atom. The highest BCUT2D eigenvalue weighted by Crippen LogP contribution is 2.29. The maximum Gasteiger partial charge on any atom is 0.127 e. The van der Waals surface area contributed by atoms with Gasteiger partial charge in [0, 0.05) is 30.9 Å². The molecule has 2 N–H and O–H groups in total. The topological polar surface area (TPSA) is 53.7 Å². The van der Waals surface area contributed by atoms with Crippen molar-refractivity contribution in [3.05, 3.63) is 23.8 Å². The molecule has 1 aromatic carbocycles. The van der Waals surface area contributed by atoms with Crippen molar-refractivity contribution in [2.75, 3.05) is 26.9 Å². The Bertz CT molecular complexity index is 400. The van der Waals surface area contributed by atoms with Crippen molar-refractivity contribution >= 4 is 0 Å². The molecule has 1 aliphatic heterocycles. The van der Waals surface area contributed by atoms with Gasteiger partial charge in [-0.1, -0.05) is 6.07 Å². The van der Waals surface area contributed by atoms with Crippen molar-refractivity contribution in [1.29, 1.82) is 0 Å². The third-order valence-corrected chi connectivity index (χ3v) is 3.53. The van der Waals surface area contributed by atoms with E-state index in [4.69, 9.17) is 19.9 Å². The van der Waals surface area contributed by atoms with Crippen LogP contribution in [0.1, 0.15) is 31.4 Å². The van der Waals surface area contributed by atoms with Crippen molar-refractivity contribution in [1.82, 2.24) is 0 Å². The highest BCUT2D eigenvalue weighted by Gasteiger charge is 2.16. The molecule has 106 valence electrons. The van der Waals surface area contributed by atoms with Gasteiger partial charge in [-0.2, -0.15) is 0 Å². The number of rotatable bonds is 5. The van der Waals surface area contributed by atoms with Crippen LogP contribution >= 0.6 is 0 Å². The molecule has 1 fully saturated rings. The second-order valence-corrected chi connectivity index (χ2v) is 5.06. The molecule has 0 radical (unpaired) electrons. The Balaban J connectivity index is 2.03. The predicted octanol–water partition coefficient (Wildman–Crippen LogP) is 2.52. The van der Waals surface area contributed by atoms with Crippen molar-refractivity contribution in [2.45, 2.75) is 25.8 Å². The molecular weight excluding hydrogens is 242 g/mol. The Labute approximate surface area is 114 Å². The fourth-order valence-electron chi connectivity index (χ4n) is 2.26. The Morgan fingerprint density at radius 1 is 1.37 bits per heavy atom. The number of benzene rings is 1. The summed E-state index contributed by atoms with van der Waals surface area (Å²) in [5.74, 6) is 2.20. The Morgan fingerprint density at radius 2 is 2.11 bits per heavy atom. The standard InChI is InChI=1S/C15H23NO3/c1-11(16)14-4-3-13(17-2)9-15(14)19-10-12-5-7-18-8-6-12/h3-4,9,11-12H,5-8,10,16H2,1-2H3/t11-/m1/s1. The molecule has 1 atom stereocenters. The van der Waals surface area contributed by atoms with Crippen LogP contribution in [0, 0.1) is 5.92 Å². The lowest BCUT2D eigenvalue weighted by Gasteiger charge is -2.23. The van der Waals surface area contributed by atoms with E-state index < -0.39 is 0 Å². The minimum absolute atomic E-state index is 0.0457. The normalized spacial score (nSPS) is 18.1. The van der Waals surface area contributed by atoms with Crippen LogP contribution < -0.4 is 15.2 Å². The van der Waals surface area contributed by atoms with Gasteiger partial charge in [-0.25, -0.2) is 0 Å². The first-order valence-corrected chi connectivity index (χ1v) is 6.84. The fourth-order valence-corrected chi connectivity index (χ4v) is 2.26. The summed E-state index contributed by atoms with van der Waals surface area (Å²) in [6.07, 6.45) is 2.13. The summed E-state index contributed by atoms with van der Waals surface area (Å²) in [5, 5.41) is 0. The minimum atomic E-state index is -0.0457. The number of methoxy groups -OCH3 is 1. The zero-order valence-corrected chi connectivity index (χ0v) is 11.7. The lowest BCUT2D eigenvalue weighted by Crippen LogP contribution is -2.22. The van der Waals surface area contributed by atoms with Gasteiger partial charge in [0.05, 0.1) is 13.7 Å². The first-order chi connectivity index (χ1) is 9.20. The second-order valence-electron chi connectivity index (χ2n) is 5.06. The van der Waals surface area contributed by atoms with Gasteiger partial charge in [-0.15, -0.1) is 0 Å². The Kier molecular flexibility index (Phi) is 5.05. The van der Waals surface area contributed by atoms with Gasteiger partial charge in [0.2, 0.25) is 0 Å². The van der Waals surface area contributed by atoms with E-state index in [2.05, 4.69) is 0 Å². The molecule has 0 aliphatic carbocycles.